The lowest BCUT2D eigenvalue weighted by Gasteiger charge is -2.01. The van der Waals surface area contributed by atoms with Gasteiger partial charge in [-0.15, -0.1) is 16.8 Å². The Morgan fingerprint density at radius 1 is 1.62 bits per heavy atom. The molecule has 0 atom stereocenters. The first-order valence-corrected chi connectivity index (χ1v) is 5.56. The van der Waals surface area contributed by atoms with Crippen LogP contribution in [0, 0.1) is 6.92 Å². The smallest absolute Gasteiger partial charge is 0.273 e. The van der Waals surface area contributed by atoms with E-state index in [1.165, 1.54) is 0 Å². The number of H-pyrrole nitrogens is 1. The molecule has 1 aromatic rings. The van der Waals surface area contributed by atoms with Crippen LogP contribution in [0.2, 0.25) is 0 Å². The second-order valence-corrected chi connectivity index (χ2v) is 3.89. The minimum Gasteiger partial charge on any atom is -0.352 e. The zero-order valence-electron chi connectivity index (χ0n) is 8.82. The van der Waals surface area contributed by atoms with Gasteiger partial charge in [0.2, 0.25) is 5.91 Å². The van der Waals surface area contributed by atoms with Crippen molar-refractivity contribution in [1.29, 1.82) is 0 Å². The molecule has 0 spiro atoms. The summed E-state index contributed by atoms with van der Waals surface area (Å²) >= 11 is 1.13. The van der Waals surface area contributed by atoms with Gasteiger partial charge in [0.15, 0.2) is 5.16 Å². The van der Waals surface area contributed by atoms with Crippen molar-refractivity contribution in [1.82, 2.24) is 20.5 Å². The number of aryl methyl sites for hydroxylation is 1. The lowest BCUT2D eigenvalue weighted by molar-refractivity contribution is -0.118. The number of aromatic amines is 1. The molecule has 1 heterocycles. The first-order valence-electron chi connectivity index (χ1n) is 4.57. The Morgan fingerprint density at radius 3 is 3.00 bits per heavy atom. The summed E-state index contributed by atoms with van der Waals surface area (Å²) in [6, 6.07) is 0. The summed E-state index contributed by atoms with van der Waals surface area (Å²) in [4.78, 5) is 24.9. The van der Waals surface area contributed by atoms with E-state index in [1.54, 1.807) is 13.0 Å². The Bertz CT molecular complexity index is 443. The Kier molecular flexibility index (Phi) is 4.71. The van der Waals surface area contributed by atoms with Crippen molar-refractivity contribution in [2.75, 3.05) is 12.3 Å². The molecule has 6 nitrogen and oxygen atoms in total. The highest BCUT2D eigenvalue weighted by Gasteiger charge is 2.04. The van der Waals surface area contributed by atoms with E-state index in [4.69, 9.17) is 0 Å². The third-order valence-electron chi connectivity index (χ3n) is 1.62. The molecular formula is C9H12N4O2S. The van der Waals surface area contributed by atoms with Gasteiger partial charge >= 0.3 is 0 Å². The van der Waals surface area contributed by atoms with Gasteiger partial charge in [-0.2, -0.15) is 0 Å². The van der Waals surface area contributed by atoms with Crippen LogP contribution < -0.4 is 10.9 Å². The van der Waals surface area contributed by atoms with Crippen LogP contribution >= 0.6 is 11.8 Å². The fourth-order valence-electron chi connectivity index (χ4n) is 0.814. The molecule has 0 aliphatic carbocycles. The number of nitrogens with one attached hydrogen (secondary N) is 2. The van der Waals surface area contributed by atoms with Gasteiger partial charge in [0.25, 0.3) is 5.56 Å². The SMILES string of the molecule is C=CCNC(=O)CSc1nnc(C)c(=O)[nH]1. The molecule has 0 aromatic carbocycles. The number of carbonyl (C=O) groups is 1. The summed E-state index contributed by atoms with van der Waals surface area (Å²) in [5, 5.41) is 10.4. The summed E-state index contributed by atoms with van der Waals surface area (Å²) in [6.07, 6.45) is 1.59. The lowest BCUT2D eigenvalue weighted by atomic mass is 10.5. The van der Waals surface area contributed by atoms with Crippen LogP contribution in [-0.2, 0) is 4.79 Å². The number of amides is 1. The third-order valence-corrected chi connectivity index (χ3v) is 2.49. The molecule has 0 bridgehead atoms. The van der Waals surface area contributed by atoms with Crippen molar-refractivity contribution < 1.29 is 4.79 Å². The largest absolute Gasteiger partial charge is 0.352 e. The van der Waals surface area contributed by atoms with Crippen LogP contribution in [-0.4, -0.2) is 33.4 Å². The van der Waals surface area contributed by atoms with E-state index < -0.39 is 0 Å². The first kappa shape index (κ1) is 12.4. The molecule has 7 heteroatoms. The van der Waals surface area contributed by atoms with Crippen LogP contribution in [0.4, 0.5) is 0 Å². The van der Waals surface area contributed by atoms with E-state index in [2.05, 4.69) is 27.1 Å². The maximum Gasteiger partial charge on any atom is 0.273 e. The van der Waals surface area contributed by atoms with E-state index >= 15 is 0 Å². The molecule has 2 N–H and O–H groups in total. The minimum atomic E-state index is -0.288. The molecule has 86 valence electrons. The first-order chi connectivity index (χ1) is 7.63. The number of carbonyl (C=O) groups excluding carboxylic acids is 1. The lowest BCUT2D eigenvalue weighted by Crippen LogP contribution is -2.25. The predicted molar refractivity (Wildman–Crippen MR) is 61.3 cm³/mol. The fraction of sp³-hybridized carbons (Fsp3) is 0.333. The molecule has 0 aliphatic heterocycles. The van der Waals surface area contributed by atoms with Crippen molar-refractivity contribution in [2.45, 2.75) is 12.1 Å². The Hall–Kier alpha value is -1.63. The summed E-state index contributed by atoms with van der Waals surface area (Å²) in [5.41, 5.74) is 0.0180. The maximum absolute atomic E-state index is 11.2. The molecule has 0 aliphatic rings. The molecule has 0 saturated heterocycles. The zero-order chi connectivity index (χ0) is 12.0. The monoisotopic (exact) mass is 240 g/mol. The summed E-state index contributed by atoms with van der Waals surface area (Å²) in [7, 11) is 0. The molecule has 0 unspecified atom stereocenters. The van der Waals surface area contributed by atoms with Crippen LogP contribution in [0.25, 0.3) is 0 Å². The van der Waals surface area contributed by atoms with Crippen molar-refractivity contribution in [3.8, 4) is 0 Å². The van der Waals surface area contributed by atoms with E-state index in [9.17, 15) is 9.59 Å². The van der Waals surface area contributed by atoms with Crippen LogP contribution in [0.15, 0.2) is 22.6 Å². The number of thioether (sulfide) groups is 1. The minimum absolute atomic E-state index is 0.145. The average Bonchev–Trinajstić information content (AvgIpc) is 2.28. The molecule has 1 rings (SSSR count). The Labute approximate surface area is 96.6 Å². The number of rotatable bonds is 5. The van der Waals surface area contributed by atoms with Crippen molar-refractivity contribution in [3.05, 3.63) is 28.7 Å². The van der Waals surface area contributed by atoms with Gasteiger partial charge in [-0.05, 0) is 6.92 Å². The molecule has 0 saturated carbocycles. The molecule has 0 radical (unpaired) electrons. The molecular weight excluding hydrogens is 228 g/mol. The number of hydrogen-bond acceptors (Lipinski definition) is 5. The third kappa shape index (κ3) is 3.85. The molecule has 0 fully saturated rings. The quantitative estimate of drug-likeness (QED) is 0.553. The van der Waals surface area contributed by atoms with Crippen LogP contribution in [0.1, 0.15) is 5.69 Å². The number of nitrogens with zero attached hydrogens (tertiary/aromatic N) is 2. The highest BCUT2D eigenvalue weighted by Crippen LogP contribution is 2.08. The second kappa shape index (κ2) is 6.06. The topological polar surface area (TPSA) is 87.7 Å². The highest BCUT2D eigenvalue weighted by atomic mass is 32.2. The van der Waals surface area contributed by atoms with Crippen molar-refractivity contribution in [2.24, 2.45) is 0 Å². The van der Waals surface area contributed by atoms with Gasteiger partial charge in [0.1, 0.15) is 5.69 Å². The van der Waals surface area contributed by atoms with Gasteiger partial charge in [-0.3, -0.25) is 14.6 Å². The van der Waals surface area contributed by atoms with E-state index in [-0.39, 0.29) is 17.2 Å². The molecule has 1 aromatic heterocycles. The van der Waals surface area contributed by atoms with Crippen molar-refractivity contribution in [3.63, 3.8) is 0 Å². The average molecular weight is 240 g/mol. The standard InChI is InChI=1S/C9H12N4O2S/c1-3-4-10-7(14)5-16-9-11-8(15)6(2)12-13-9/h3H,1,4-5H2,2H3,(H,10,14)(H,11,13,15). The summed E-state index contributed by atoms with van der Waals surface area (Å²) < 4.78 is 0. The van der Waals surface area contributed by atoms with Gasteiger partial charge in [0, 0.05) is 6.54 Å². The van der Waals surface area contributed by atoms with Crippen LogP contribution in [0.5, 0.6) is 0 Å². The number of hydrogen-bond donors (Lipinski definition) is 2. The van der Waals surface area contributed by atoms with Gasteiger partial charge in [-0.25, -0.2) is 0 Å². The molecule has 16 heavy (non-hydrogen) atoms. The normalized spacial score (nSPS) is 9.81. The summed E-state index contributed by atoms with van der Waals surface area (Å²) in [6.45, 7) is 5.47. The zero-order valence-corrected chi connectivity index (χ0v) is 9.63. The van der Waals surface area contributed by atoms with Gasteiger partial charge in [-0.1, -0.05) is 17.8 Å². The van der Waals surface area contributed by atoms with E-state index in [0.717, 1.165) is 11.8 Å². The predicted octanol–water partition coefficient (Wildman–Crippen LogP) is -0.132. The van der Waals surface area contributed by atoms with E-state index in [0.29, 0.717) is 17.4 Å². The molecule has 1 amide bonds. The maximum atomic E-state index is 11.2. The van der Waals surface area contributed by atoms with Crippen LogP contribution in [0.3, 0.4) is 0 Å². The Morgan fingerprint density at radius 2 is 2.38 bits per heavy atom. The van der Waals surface area contributed by atoms with E-state index in [1.807, 2.05) is 0 Å². The number of aromatic nitrogens is 3. The van der Waals surface area contributed by atoms with Gasteiger partial charge in [0.05, 0.1) is 5.75 Å². The highest BCUT2D eigenvalue weighted by molar-refractivity contribution is 7.99. The second-order valence-electron chi connectivity index (χ2n) is 2.93. The van der Waals surface area contributed by atoms with Crippen molar-refractivity contribution >= 4 is 17.7 Å². The summed E-state index contributed by atoms with van der Waals surface area (Å²) in [5.74, 6) is 0.0368. The fourth-order valence-corrected chi connectivity index (χ4v) is 1.45. The Balaban J connectivity index is 2.48. The van der Waals surface area contributed by atoms with Gasteiger partial charge < -0.3 is 5.32 Å².